The lowest BCUT2D eigenvalue weighted by Gasteiger charge is -2.12. The third kappa shape index (κ3) is 3.78. The second-order valence-electron chi connectivity index (χ2n) is 5.38. The van der Waals surface area contributed by atoms with Gasteiger partial charge >= 0.3 is 6.18 Å². The fourth-order valence-electron chi connectivity index (χ4n) is 2.37. The van der Waals surface area contributed by atoms with Gasteiger partial charge in [-0.3, -0.25) is 4.79 Å². The Kier molecular flexibility index (Phi) is 4.43. The van der Waals surface area contributed by atoms with Crippen LogP contribution in [0.1, 0.15) is 17.5 Å². The van der Waals surface area contributed by atoms with Crippen molar-refractivity contribution in [2.24, 2.45) is 5.16 Å². The molecule has 25 heavy (non-hydrogen) atoms. The highest BCUT2D eigenvalue weighted by Gasteiger charge is 2.32. The maximum atomic E-state index is 13.7. The molecule has 130 valence electrons. The van der Waals surface area contributed by atoms with Gasteiger partial charge in [-0.05, 0) is 24.3 Å². The molecule has 1 heterocycles. The molecule has 4 nitrogen and oxygen atoms in total. The number of oxime groups is 1. The Morgan fingerprint density at radius 2 is 1.92 bits per heavy atom. The lowest BCUT2D eigenvalue weighted by Crippen LogP contribution is -2.28. The fraction of sp³-hybridized carbons (Fsp3) is 0.176. The van der Waals surface area contributed by atoms with Crippen molar-refractivity contribution in [3.05, 3.63) is 65.5 Å². The molecule has 0 aliphatic carbocycles. The van der Waals surface area contributed by atoms with Crippen molar-refractivity contribution in [1.29, 1.82) is 0 Å². The molecule has 0 aromatic heterocycles. The summed E-state index contributed by atoms with van der Waals surface area (Å²) in [6, 6.07) is 10.2. The Labute approximate surface area is 140 Å². The van der Waals surface area contributed by atoms with Crippen LogP contribution in [0.4, 0.5) is 23.2 Å². The molecule has 2 aromatic rings. The number of rotatable bonds is 3. The molecule has 3 rings (SSSR count). The summed E-state index contributed by atoms with van der Waals surface area (Å²) in [5, 5.41) is 6.06. The van der Waals surface area contributed by atoms with Gasteiger partial charge in [0.25, 0.3) is 5.91 Å². The topological polar surface area (TPSA) is 50.7 Å². The van der Waals surface area contributed by atoms with E-state index in [2.05, 4.69) is 10.5 Å². The van der Waals surface area contributed by atoms with Crippen molar-refractivity contribution < 1.29 is 27.2 Å². The molecular weight excluding hydrogens is 340 g/mol. The summed E-state index contributed by atoms with van der Waals surface area (Å²) < 4.78 is 51.8. The van der Waals surface area contributed by atoms with Gasteiger partial charge in [-0.2, -0.15) is 13.2 Å². The first-order valence-electron chi connectivity index (χ1n) is 7.30. The molecular formula is C17H12F4N2O2. The Hall–Kier alpha value is -2.90. The number of alkyl halides is 3. The molecule has 1 amide bonds. The second kappa shape index (κ2) is 6.54. The van der Waals surface area contributed by atoms with Gasteiger partial charge in [0.1, 0.15) is 5.82 Å². The predicted molar refractivity (Wildman–Crippen MR) is 82.5 cm³/mol. The van der Waals surface area contributed by atoms with Gasteiger partial charge in [0.2, 0.25) is 6.10 Å². The SMILES string of the molecule is O=C(Nc1cccc(C(F)(F)F)c1)[C@@H]1CC(c2ccccc2F)=NO1. The van der Waals surface area contributed by atoms with Gasteiger partial charge in [-0.15, -0.1) is 0 Å². The maximum absolute atomic E-state index is 13.7. The first-order chi connectivity index (χ1) is 11.8. The highest BCUT2D eigenvalue weighted by molar-refractivity contribution is 6.06. The molecule has 0 radical (unpaired) electrons. The number of anilines is 1. The van der Waals surface area contributed by atoms with Crippen molar-refractivity contribution >= 4 is 17.3 Å². The molecule has 0 fully saturated rings. The number of amides is 1. The number of carbonyl (C=O) groups is 1. The van der Waals surface area contributed by atoms with E-state index in [1.807, 2.05) is 0 Å². The Morgan fingerprint density at radius 1 is 1.16 bits per heavy atom. The average Bonchev–Trinajstić information content (AvgIpc) is 3.04. The van der Waals surface area contributed by atoms with E-state index in [1.54, 1.807) is 6.07 Å². The van der Waals surface area contributed by atoms with E-state index in [0.29, 0.717) is 0 Å². The number of nitrogens with one attached hydrogen (secondary N) is 1. The molecule has 0 spiro atoms. The van der Waals surface area contributed by atoms with Crippen molar-refractivity contribution in [3.63, 3.8) is 0 Å². The standard InChI is InChI=1S/C17H12F4N2O2/c18-13-7-2-1-6-12(13)14-9-15(25-23-14)16(24)22-11-5-3-4-10(8-11)17(19,20)21/h1-8,15H,9H2,(H,22,24)/t15-/m0/s1. The molecule has 2 aromatic carbocycles. The van der Waals surface area contributed by atoms with E-state index in [1.165, 1.54) is 30.3 Å². The van der Waals surface area contributed by atoms with Crippen LogP contribution in [0, 0.1) is 5.82 Å². The zero-order valence-electron chi connectivity index (χ0n) is 12.7. The summed E-state index contributed by atoms with van der Waals surface area (Å²) in [5.74, 6) is -1.15. The van der Waals surface area contributed by atoms with E-state index < -0.39 is 29.6 Å². The number of halogens is 4. The molecule has 0 unspecified atom stereocenters. The van der Waals surface area contributed by atoms with Crippen LogP contribution >= 0.6 is 0 Å². The largest absolute Gasteiger partial charge is 0.416 e. The summed E-state index contributed by atoms with van der Waals surface area (Å²) >= 11 is 0. The Morgan fingerprint density at radius 3 is 2.64 bits per heavy atom. The van der Waals surface area contributed by atoms with Crippen molar-refractivity contribution in [2.75, 3.05) is 5.32 Å². The Bertz CT molecular complexity index is 833. The summed E-state index contributed by atoms with van der Waals surface area (Å²) in [6.45, 7) is 0. The van der Waals surface area contributed by atoms with Crippen LogP contribution in [0.25, 0.3) is 0 Å². The molecule has 1 aliphatic heterocycles. The minimum atomic E-state index is -4.51. The zero-order valence-corrected chi connectivity index (χ0v) is 12.7. The van der Waals surface area contributed by atoms with Crippen LogP contribution in [0.5, 0.6) is 0 Å². The molecule has 0 saturated carbocycles. The van der Waals surface area contributed by atoms with Crippen molar-refractivity contribution in [2.45, 2.75) is 18.7 Å². The van der Waals surface area contributed by atoms with Gasteiger partial charge in [-0.25, -0.2) is 4.39 Å². The smallest absolute Gasteiger partial charge is 0.382 e. The highest BCUT2D eigenvalue weighted by atomic mass is 19.4. The number of benzene rings is 2. The molecule has 8 heteroatoms. The van der Waals surface area contributed by atoms with Crippen LogP contribution in [0.15, 0.2) is 53.7 Å². The van der Waals surface area contributed by atoms with E-state index >= 15 is 0 Å². The van der Waals surface area contributed by atoms with E-state index in [-0.39, 0.29) is 23.4 Å². The van der Waals surface area contributed by atoms with Gasteiger partial charge in [-0.1, -0.05) is 29.4 Å². The molecule has 1 atom stereocenters. The summed E-state index contributed by atoms with van der Waals surface area (Å²) in [5.41, 5.74) is -0.400. The number of hydrogen-bond acceptors (Lipinski definition) is 3. The van der Waals surface area contributed by atoms with Crippen molar-refractivity contribution in [3.8, 4) is 0 Å². The van der Waals surface area contributed by atoms with Gasteiger partial charge < -0.3 is 10.2 Å². The first-order valence-corrected chi connectivity index (χ1v) is 7.30. The number of nitrogens with zero attached hydrogens (tertiary/aromatic N) is 1. The monoisotopic (exact) mass is 352 g/mol. The van der Waals surface area contributed by atoms with Crippen LogP contribution < -0.4 is 5.32 Å². The summed E-state index contributed by atoms with van der Waals surface area (Å²) in [6.07, 6.45) is -5.53. The third-order valence-electron chi connectivity index (χ3n) is 3.60. The highest BCUT2D eigenvalue weighted by Crippen LogP contribution is 2.31. The van der Waals surface area contributed by atoms with E-state index in [9.17, 15) is 22.4 Å². The minimum Gasteiger partial charge on any atom is -0.382 e. The van der Waals surface area contributed by atoms with E-state index in [4.69, 9.17) is 4.84 Å². The predicted octanol–water partition coefficient (Wildman–Crippen LogP) is 3.98. The lowest BCUT2D eigenvalue weighted by molar-refractivity contribution is -0.137. The minimum absolute atomic E-state index is 0.0113. The van der Waals surface area contributed by atoms with Gasteiger partial charge in [0.05, 0.1) is 11.3 Å². The van der Waals surface area contributed by atoms with E-state index in [0.717, 1.165) is 12.1 Å². The lowest BCUT2D eigenvalue weighted by atomic mass is 10.0. The maximum Gasteiger partial charge on any atom is 0.416 e. The Balaban J connectivity index is 1.67. The van der Waals surface area contributed by atoms with Crippen LogP contribution in [0.2, 0.25) is 0 Å². The first kappa shape index (κ1) is 16.9. The molecule has 0 bridgehead atoms. The van der Waals surface area contributed by atoms with Crippen LogP contribution in [0.3, 0.4) is 0 Å². The number of hydrogen-bond donors (Lipinski definition) is 1. The van der Waals surface area contributed by atoms with Crippen LogP contribution in [-0.2, 0) is 15.8 Å². The second-order valence-corrected chi connectivity index (χ2v) is 5.38. The summed E-state index contributed by atoms with van der Waals surface area (Å²) in [7, 11) is 0. The fourth-order valence-corrected chi connectivity index (χ4v) is 2.37. The molecule has 1 aliphatic rings. The van der Waals surface area contributed by atoms with Gasteiger partial charge in [0.15, 0.2) is 0 Å². The van der Waals surface area contributed by atoms with Crippen LogP contribution in [-0.4, -0.2) is 17.7 Å². The van der Waals surface area contributed by atoms with Gasteiger partial charge in [0, 0.05) is 17.7 Å². The normalized spacial score (nSPS) is 17.0. The number of carbonyl (C=O) groups excluding carboxylic acids is 1. The molecule has 0 saturated heterocycles. The van der Waals surface area contributed by atoms with Crippen molar-refractivity contribution in [1.82, 2.24) is 0 Å². The summed E-state index contributed by atoms with van der Waals surface area (Å²) in [4.78, 5) is 17.1. The third-order valence-corrected chi connectivity index (χ3v) is 3.60. The average molecular weight is 352 g/mol. The molecule has 1 N–H and O–H groups in total. The quantitative estimate of drug-likeness (QED) is 0.850. The zero-order chi connectivity index (χ0) is 18.0.